The van der Waals surface area contributed by atoms with E-state index >= 15 is 0 Å². The summed E-state index contributed by atoms with van der Waals surface area (Å²) in [6.07, 6.45) is -25.4. The normalized spacial score (nSPS) is 25.3. The van der Waals surface area contributed by atoms with Crippen molar-refractivity contribution in [1.82, 2.24) is 0 Å². The molecule has 3 atom stereocenters. The molecule has 1 aliphatic heterocycles. The van der Waals surface area contributed by atoms with Crippen LogP contribution in [0.3, 0.4) is 0 Å². The summed E-state index contributed by atoms with van der Waals surface area (Å²) in [7, 11) is 0. The Bertz CT molecular complexity index is 628. The molecule has 0 saturated carbocycles. The van der Waals surface area contributed by atoms with Crippen LogP contribution in [0.15, 0.2) is 12.7 Å². The van der Waals surface area contributed by atoms with E-state index in [0.717, 1.165) is 13.0 Å². The number of rotatable bonds is 7. The molecule has 0 bridgehead atoms. The Morgan fingerprint density at radius 1 is 1.10 bits per heavy atom. The van der Waals surface area contributed by atoms with Crippen molar-refractivity contribution in [3.63, 3.8) is 0 Å². The van der Waals surface area contributed by atoms with Crippen molar-refractivity contribution in [2.45, 2.75) is 49.9 Å². The van der Waals surface area contributed by atoms with Gasteiger partial charge in [-0.2, -0.15) is 39.5 Å². The monoisotopic (exact) mass is 462 g/mol. The van der Waals surface area contributed by atoms with Crippen molar-refractivity contribution in [3.05, 3.63) is 12.7 Å². The summed E-state index contributed by atoms with van der Waals surface area (Å²) in [5.74, 6) is -5.10. The zero-order valence-corrected chi connectivity index (χ0v) is 15.0. The lowest BCUT2D eigenvalue weighted by Crippen LogP contribution is -2.57. The van der Waals surface area contributed by atoms with Gasteiger partial charge >= 0.3 is 30.5 Å². The molecule has 0 aromatic heterocycles. The number of esters is 2. The van der Waals surface area contributed by atoms with Gasteiger partial charge in [0, 0.05) is 18.4 Å². The second-order valence-electron chi connectivity index (χ2n) is 6.10. The predicted octanol–water partition coefficient (Wildman–Crippen LogP) is 3.45. The molecule has 30 heavy (non-hydrogen) atoms. The molecule has 1 fully saturated rings. The lowest BCUT2D eigenvalue weighted by atomic mass is 9.94. The molecule has 174 valence electrons. The van der Waals surface area contributed by atoms with Gasteiger partial charge in [0.1, 0.15) is 6.61 Å². The number of ether oxygens (including phenoxy) is 4. The Morgan fingerprint density at radius 3 is 2.07 bits per heavy atom. The Morgan fingerprint density at radius 2 is 1.63 bits per heavy atom. The Kier molecular flexibility index (Phi) is 7.80. The van der Waals surface area contributed by atoms with Crippen LogP contribution in [-0.4, -0.2) is 61.7 Å². The Hall–Kier alpha value is -2.03. The van der Waals surface area contributed by atoms with E-state index in [9.17, 15) is 49.1 Å². The van der Waals surface area contributed by atoms with E-state index in [0.29, 0.717) is 0 Å². The molecule has 3 unspecified atom stereocenters. The van der Waals surface area contributed by atoms with Crippen molar-refractivity contribution in [2.75, 3.05) is 13.2 Å². The van der Waals surface area contributed by atoms with Gasteiger partial charge < -0.3 is 18.9 Å². The Labute approximate surface area is 162 Å². The first-order chi connectivity index (χ1) is 13.5. The minimum atomic E-state index is -6.21. The van der Waals surface area contributed by atoms with Crippen molar-refractivity contribution >= 4 is 11.9 Å². The van der Waals surface area contributed by atoms with E-state index in [-0.39, 0.29) is 0 Å². The summed E-state index contributed by atoms with van der Waals surface area (Å²) in [4.78, 5) is 22.7. The highest BCUT2D eigenvalue weighted by Crippen LogP contribution is 2.48. The lowest BCUT2D eigenvalue weighted by Gasteiger charge is -2.32. The number of hydrogen-bond donors (Lipinski definition) is 0. The van der Waals surface area contributed by atoms with Gasteiger partial charge in [0.25, 0.3) is 11.7 Å². The van der Waals surface area contributed by atoms with Crippen LogP contribution < -0.4 is 0 Å². The zero-order valence-electron chi connectivity index (χ0n) is 15.0. The van der Waals surface area contributed by atoms with Crippen molar-refractivity contribution in [2.24, 2.45) is 5.92 Å². The second kappa shape index (κ2) is 8.99. The van der Waals surface area contributed by atoms with Crippen LogP contribution in [-0.2, 0) is 28.5 Å². The van der Waals surface area contributed by atoms with E-state index in [4.69, 9.17) is 4.74 Å². The first-order valence-corrected chi connectivity index (χ1v) is 7.95. The van der Waals surface area contributed by atoms with Crippen molar-refractivity contribution < 1.29 is 68.1 Å². The summed E-state index contributed by atoms with van der Waals surface area (Å²) in [6, 6.07) is 0. The van der Waals surface area contributed by atoms with E-state index < -0.39 is 74.0 Å². The van der Waals surface area contributed by atoms with Gasteiger partial charge in [-0.1, -0.05) is 13.5 Å². The number of alkyl halides is 9. The quantitative estimate of drug-likeness (QED) is 0.250. The third-order valence-corrected chi connectivity index (χ3v) is 3.77. The van der Waals surface area contributed by atoms with Crippen LogP contribution in [0.2, 0.25) is 0 Å². The first-order valence-electron chi connectivity index (χ1n) is 7.95. The highest BCUT2D eigenvalue weighted by Gasteiger charge is 2.71. The van der Waals surface area contributed by atoms with Gasteiger partial charge in [-0.25, -0.2) is 9.59 Å². The van der Waals surface area contributed by atoms with Gasteiger partial charge in [-0.05, 0) is 0 Å². The zero-order chi connectivity index (χ0) is 23.5. The molecule has 0 N–H and O–H groups in total. The molecule has 6 nitrogen and oxygen atoms in total. The van der Waals surface area contributed by atoms with Gasteiger partial charge in [-0.15, -0.1) is 0 Å². The predicted molar refractivity (Wildman–Crippen MR) is 76.5 cm³/mol. The van der Waals surface area contributed by atoms with Crippen LogP contribution in [0.1, 0.15) is 13.3 Å². The molecule has 1 heterocycles. The van der Waals surface area contributed by atoms with Gasteiger partial charge in [0.05, 0.1) is 6.61 Å². The summed E-state index contributed by atoms with van der Waals surface area (Å²) in [6.45, 7) is 3.09. The number of halogens is 9. The molecule has 15 heteroatoms. The average molecular weight is 462 g/mol. The summed E-state index contributed by atoms with van der Waals surface area (Å²) in [5, 5.41) is 0. The van der Waals surface area contributed by atoms with E-state index in [2.05, 4.69) is 20.8 Å². The van der Waals surface area contributed by atoms with Crippen molar-refractivity contribution in [1.29, 1.82) is 0 Å². The van der Waals surface area contributed by atoms with Crippen LogP contribution in [0, 0.1) is 5.92 Å². The molecule has 1 aliphatic rings. The Balaban J connectivity index is 3.01. The molecule has 0 spiro atoms. The largest absolute Gasteiger partial charge is 0.460 e. The van der Waals surface area contributed by atoms with E-state index in [1.807, 2.05) is 0 Å². The molecule has 0 aromatic rings. The van der Waals surface area contributed by atoms with Crippen molar-refractivity contribution in [3.8, 4) is 0 Å². The highest BCUT2D eigenvalue weighted by atomic mass is 19.4. The molecule has 1 saturated heterocycles. The molecular weight excluding hydrogens is 447 g/mol. The molecule has 0 amide bonds. The van der Waals surface area contributed by atoms with Gasteiger partial charge in [0.15, 0.2) is 6.29 Å². The number of carbonyl (C=O) groups excluding carboxylic acids is 2. The smallest absolute Gasteiger partial charge is 0.434 e. The molecule has 0 aliphatic carbocycles. The van der Waals surface area contributed by atoms with Crippen LogP contribution in [0.25, 0.3) is 0 Å². The highest BCUT2D eigenvalue weighted by molar-refractivity contribution is 5.81. The molecule has 1 rings (SSSR count). The van der Waals surface area contributed by atoms with Gasteiger partial charge in [0.2, 0.25) is 0 Å². The maximum absolute atomic E-state index is 13.5. The minimum Gasteiger partial charge on any atom is -0.460 e. The fourth-order valence-electron chi connectivity index (χ4n) is 2.43. The van der Waals surface area contributed by atoms with E-state index in [1.54, 1.807) is 0 Å². The standard InChI is InChI=1S/C15H15F9O6/c1-3-8(25)27-4-5-28-9-7(2)6-12(30-9,15(22,23)24)11(26)29-10(13(16,17)18)14(19,20)21/h3,7,9-10H,1,4-6H2,2H3. The first kappa shape index (κ1) is 26.0. The fraction of sp³-hybridized carbons (Fsp3) is 0.733. The minimum absolute atomic E-state index is 0.481. The van der Waals surface area contributed by atoms with Crippen LogP contribution in [0.5, 0.6) is 0 Å². The van der Waals surface area contributed by atoms with Crippen LogP contribution >= 0.6 is 0 Å². The third kappa shape index (κ3) is 6.00. The molecule has 0 radical (unpaired) electrons. The van der Waals surface area contributed by atoms with Crippen LogP contribution in [0.4, 0.5) is 39.5 Å². The fourth-order valence-corrected chi connectivity index (χ4v) is 2.43. The summed E-state index contributed by atoms with van der Waals surface area (Å²) in [5.41, 5.74) is -4.12. The maximum Gasteiger partial charge on any atom is 0.434 e. The third-order valence-electron chi connectivity index (χ3n) is 3.77. The molecular formula is C15H15F9O6. The topological polar surface area (TPSA) is 71.1 Å². The number of hydrogen-bond acceptors (Lipinski definition) is 6. The number of carbonyl (C=O) groups is 2. The summed E-state index contributed by atoms with van der Waals surface area (Å²) < 4.78 is 133. The lowest BCUT2D eigenvalue weighted by molar-refractivity contribution is -0.333. The molecule has 0 aromatic carbocycles. The van der Waals surface area contributed by atoms with Gasteiger partial charge in [-0.3, -0.25) is 0 Å². The average Bonchev–Trinajstić information content (AvgIpc) is 2.91. The van der Waals surface area contributed by atoms with E-state index in [1.165, 1.54) is 0 Å². The SMILES string of the molecule is C=CC(=O)OCCOC1OC(C(=O)OC(C(F)(F)F)C(F)(F)F)(C(F)(F)F)CC1C. The maximum atomic E-state index is 13.5. The second-order valence-corrected chi connectivity index (χ2v) is 6.10. The summed E-state index contributed by atoms with van der Waals surface area (Å²) >= 11 is 0.